The smallest absolute Gasteiger partial charge is 0.127 e. The van der Waals surface area contributed by atoms with Crippen molar-refractivity contribution in [3.8, 4) is 5.75 Å². The maximum absolute atomic E-state index is 5.82. The summed E-state index contributed by atoms with van der Waals surface area (Å²) in [6, 6.07) is 8.14. The molecule has 1 heteroatoms. The summed E-state index contributed by atoms with van der Waals surface area (Å²) in [5, 5.41) is 0. The normalized spacial score (nSPS) is 18.8. The molecule has 1 aromatic carbocycles. The first-order chi connectivity index (χ1) is 6.90. The van der Waals surface area contributed by atoms with Crippen LogP contribution in [0.1, 0.15) is 24.8 Å². The van der Waals surface area contributed by atoms with Crippen LogP contribution in [0, 0.1) is 6.92 Å². The van der Waals surface area contributed by atoms with Crippen LogP contribution in [-0.4, -0.2) is 6.10 Å². The largest absolute Gasteiger partial charge is 0.486 e. The van der Waals surface area contributed by atoms with E-state index in [1.165, 1.54) is 5.56 Å². The van der Waals surface area contributed by atoms with E-state index in [4.69, 9.17) is 4.74 Å². The van der Waals surface area contributed by atoms with E-state index < -0.39 is 0 Å². The van der Waals surface area contributed by atoms with Crippen molar-refractivity contribution in [2.45, 2.75) is 25.4 Å². The number of fused-ring (bicyclic) bond motifs is 1. The molecule has 0 N–H and O–H groups in total. The van der Waals surface area contributed by atoms with Gasteiger partial charge >= 0.3 is 0 Å². The maximum Gasteiger partial charge on any atom is 0.127 e. The molecule has 1 heterocycles. The highest BCUT2D eigenvalue weighted by atomic mass is 16.5. The molecule has 0 amide bonds. The number of hydrogen-bond donors (Lipinski definition) is 0. The van der Waals surface area contributed by atoms with Gasteiger partial charge in [0.25, 0.3) is 0 Å². The Kier molecular flexibility index (Phi) is 2.87. The highest BCUT2D eigenvalue weighted by Crippen LogP contribution is 2.26. The van der Waals surface area contributed by atoms with Gasteiger partial charge in [0.2, 0.25) is 0 Å². The molecule has 0 spiro atoms. The summed E-state index contributed by atoms with van der Waals surface area (Å²) in [6.07, 6.45) is 7.69. The van der Waals surface area contributed by atoms with E-state index in [0.29, 0.717) is 0 Å². The van der Waals surface area contributed by atoms with Gasteiger partial charge < -0.3 is 4.74 Å². The summed E-state index contributed by atoms with van der Waals surface area (Å²) < 4.78 is 5.82. The molecule has 0 fully saturated rings. The summed E-state index contributed by atoms with van der Waals surface area (Å²) in [7, 11) is 0. The Morgan fingerprint density at radius 3 is 3.00 bits per heavy atom. The second-order valence-corrected chi connectivity index (χ2v) is 3.55. The van der Waals surface area contributed by atoms with E-state index >= 15 is 0 Å². The highest BCUT2D eigenvalue weighted by molar-refractivity contribution is 5.59. The molecule has 1 atom stereocenters. The molecule has 0 aromatic heterocycles. The summed E-state index contributed by atoms with van der Waals surface area (Å²) >= 11 is 0. The standard InChI is InChI=1S/C13H15O/c1-2-3-7-12-10-9-11-6-4-5-8-13(11)14-12/h4-6,8-10,12H,1-3,7H2. The maximum atomic E-state index is 5.82. The summed E-state index contributed by atoms with van der Waals surface area (Å²) in [5.41, 5.74) is 1.18. The van der Waals surface area contributed by atoms with Crippen molar-refractivity contribution in [2.24, 2.45) is 0 Å². The third-order valence-electron chi connectivity index (χ3n) is 2.43. The van der Waals surface area contributed by atoms with Crippen LogP contribution in [0.25, 0.3) is 6.08 Å². The first-order valence-corrected chi connectivity index (χ1v) is 5.13. The molecule has 73 valence electrons. The minimum Gasteiger partial charge on any atom is -0.486 e. The van der Waals surface area contributed by atoms with E-state index in [9.17, 15) is 0 Å². The zero-order valence-electron chi connectivity index (χ0n) is 8.28. The van der Waals surface area contributed by atoms with Gasteiger partial charge in [-0.3, -0.25) is 0 Å². The summed E-state index contributed by atoms with van der Waals surface area (Å²) in [5.74, 6) is 1.00. The molecule has 1 aliphatic heterocycles. The lowest BCUT2D eigenvalue weighted by molar-refractivity contribution is 0.232. The van der Waals surface area contributed by atoms with Gasteiger partial charge in [-0.1, -0.05) is 37.6 Å². The number of hydrogen-bond acceptors (Lipinski definition) is 1. The highest BCUT2D eigenvalue weighted by Gasteiger charge is 2.12. The second kappa shape index (κ2) is 4.32. The van der Waals surface area contributed by atoms with Crippen molar-refractivity contribution in [2.75, 3.05) is 0 Å². The molecule has 1 unspecified atom stereocenters. The molecule has 14 heavy (non-hydrogen) atoms. The van der Waals surface area contributed by atoms with Crippen LogP contribution in [-0.2, 0) is 0 Å². The second-order valence-electron chi connectivity index (χ2n) is 3.55. The van der Waals surface area contributed by atoms with Gasteiger partial charge in [-0.05, 0) is 25.0 Å². The molecule has 0 aliphatic carbocycles. The lowest BCUT2D eigenvalue weighted by atomic mass is 10.1. The predicted octanol–water partition coefficient (Wildman–Crippen LogP) is 3.47. The van der Waals surface area contributed by atoms with Gasteiger partial charge in [0.05, 0.1) is 0 Å². The fourth-order valence-electron chi connectivity index (χ4n) is 1.64. The minimum atomic E-state index is 0.242. The Balaban J connectivity index is 2.06. The van der Waals surface area contributed by atoms with E-state index in [-0.39, 0.29) is 6.10 Å². The van der Waals surface area contributed by atoms with Gasteiger partial charge in [-0.25, -0.2) is 0 Å². The van der Waals surface area contributed by atoms with Crippen LogP contribution < -0.4 is 4.74 Å². The minimum absolute atomic E-state index is 0.242. The topological polar surface area (TPSA) is 9.23 Å². The average molecular weight is 187 g/mol. The lowest BCUT2D eigenvalue weighted by Crippen LogP contribution is -2.16. The van der Waals surface area contributed by atoms with Gasteiger partial charge in [-0.15, -0.1) is 0 Å². The first-order valence-electron chi connectivity index (χ1n) is 5.13. The fraction of sp³-hybridized carbons (Fsp3) is 0.308. The number of ether oxygens (including phenoxy) is 1. The van der Waals surface area contributed by atoms with Crippen LogP contribution >= 0.6 is 0 Å². The van der Waals surface area contributed by atoms with Gasteiger partial charge in [-0.2, -0.15) is 0 Å². The molecule has 0 bridgehead atoms. The van der Waals surface area contributed by atoms with Crippen LogP contribution in [0.3, 0.4) is 0 Å². The zero-order valence-corrected chi connectivity index (χ0v) is 8.28. The molecular formula is C13H15O. The van der Waals surface area contributed by atoms with Crippen molar-refractivity contribution >= 4 is 6.08 Å². The van der Waals surface area contributed by atoms with E-state index in [1.54, 1.807) is 0 Å². The third kappa shape index (κ3) is 1.98. The Morgan fingerprint density at radius 2 is 2.14 bits per heavy atom. The zero-order chi connectivity index (χ0) is 9.80. The predicted molar refractivity (Wildman–Crippen MR) is 59.1 cm³/mol. The van der Waals surface area contributed by atoms with Crippen LogP contribution in [0.5, 0.6) is 5.75 Å². The fourth-order valence-corrected chi connectivity index (χ4v) is 1.64. The Labute approximate surface area is 85.4 Å². The Hall–Kier alpha value is -1.24. The van der Waals surface area contributed by atoms with Gasteiger partial charge in [0, 0.05) is 5.56 Å². The molecular weight excluding hydrogens is 172 g/mol. The van der Waals surface area contributed by atoms with Crippen LogP contribution in [0.15, 0.2) is 30.3 Å². The van der Waals surface area contributed by atoms with E-state index in [1.807, 2.05) is 18.2 Å². The Morgan fingerprint density at radius 1 is 1.29 bits per heavy atom. The first kappa shape index (κ1) is 9.32. The molecule has 1 radical (unpaired) electrons. The molecule has 0 saturated heterocycles. The van der Waals surface area contributed by atoms with Gasteiger partial charge in [0.1, 0.15) is 11.9 Å². The monoisotopic (exact) mass is 187 g/mol. The lowest BCUT2D eigenvalue weighted by Gasteiger charge is -2.21. The van der Waals surface area contributed by atoms with Crippen molar-refractivity contribution in [1.82, 2.24) is 0 Å². The van der Waals surface area contributed by atoms with Crippen molar-refractivity contribution < 1.29 is 4.74 Å². The average Bonchev–Trinajstić information content (AvgIpc) is 2.26. The van der Waals surface area contributed by atoms with Gasteiger partial charge in [0.15, 0.2) is 0 Å². The van der Waals surface area contributed by atoms with Crippen LogP contribution in [0.4, 0.5) is 0 Å². The van der Waals surface area contributed by atoms with Crippen LogP contribution in [0.2, 0.25) is 0 Å². The number of rotatable bonds is 3. The Bertz CT molecular complexity index is 328. The van der Waals surface area contributed by atoms with E-state index in [2.05, 4.69) is 25.1 Å². The van der Waals surface area contributed by atoms with Crippen molar-refractivity contribution in [1.29, 1.82) is 0 Å². The molecule has 2 rings (SSSR count). The molecule has 1 aromatic rings. The van der Waals surface area contributed by atoms with Crippen molar-refractivity contribution in [3.05, 3.63) is 42.8 Å². The number of benzene rings is 1. The SMILES string of the molecule is [CH2]CCCC1C=Cc2ccccc2O1. The molecule has 0 saturated carbocycles. The summed E-state index contributed by atoms with van der Waals surface area (Å²) in [6.45, 7) is 3.83. The van der Waals surface area contributed by atoms with E-state index in [0.717, 1.165) is 25.0 Å². The third-order valence-corrected chi connectivity index (χ3v) is 2.43. The quantitative estimate of drug-likeness (QED) is 0.704. The number of unbranched alkanes of at least 4 members (excludes halogenated alkanes) is 1. The molecule has 1 aliphatic rings. The summed E-state index contributed by atoms with van der Waals surface area (Å²) in [4.78, 5) is 0. The molecule has 1 nitrogen and oxygen atoms in total. The van der Waals surface area contributed by atoms with Crippen molar-refractivity contribution in [3.63, 3.8) is 0 Å². The number of para-hydroxylation sites is 1.